The molecular weight excluding hydrogens is 929 g/mol. The van der Waals surface area contributed by atoms with Gasteiger partial charge in [0.25, 0.3) is 0 Å². The molecule has 0 atom stereocenters. The molecule has 15 aromatic carbocycles. The first-order valence-corrected chi connectivity index (χ1v) is 25.9. The summed E-state index contributed by atoms with van der Waals surface area (Å²) in [4.78, 5) is 0. The first-order valence-electron chi connectivity index (χ1n) is 29.9. The summed E-state index contributed by atoms with van der Waals surface area (Å²) >= 11 is 0. The van der Waals surface area contributed by atoms with Crippen LogP contribution in [0.25, 0.3) is 153 Å². The Morgan fingerprint density at radius 2 is 0.662 bits per heavy atom. The highest BCUT2D eigenvalue weighted by Crippen LogP contribution is 2.48. The van der Waals surface area contributed by atoms with Crippen molar-refractivity contribution in [3.05, 3.63) is 291 Å². The van der Waals surface area contributed by atoms with Gasteiger partial charge >= 0.3 is 0 Å². The molecule has 358 valence electrons. The predicted molar refractivity (Wildman–Crippen MR) is 330 cm³/mol. The Morgan fingerprint density at radius 1 is 0.234 bits per heavy atom. The lowest BCUT2D eigenvalue weighted by Gasteiger charge is -2.19. The summed E-state index contributed by atoms with van der Waals surface area (Å²) in [5, 5.41) is 14.5. The summed E-state index contributed by atoms with van der Waals surface area (Å²) in [5.41, 5.74) is 10.7. The van der Waals surface area contributed by atoms with Crippen LogP contribution in [-0.4, -0.2) is 0 Å². The van der Waals surface area contributed by atoms with E-state index in [9.17, 15) is 5.48 Å². The third-order valence-electron chi connectivity index (χ3n) is 15.3. The molecule has 1 heteroatoms. The van der Waals surface area contributed by atoms with Crippen molar-refractivity contribution in [2.75, 3.05) is 0 Å². The second kappa shape index (κ2) is 18.4. The molecule has 0 aliphatic heterocycles. The molecule has 0 spiro atoms. The summed E-state index contributed by atoms with van der Waals surface area (Å²) in [6.07, 6.45) is 0. The minimum absolute atomic E-state index is 0.208. The van der Waals surface area contributed by atoms with Gasteiger partial charge in [-0.25, -0.2) is 0 Å². The number of fused-ring (bicyclic) bond motifs is 10. The van der Waals surface area contributed by atoms with Gasteiger partial charge in [-0.05, 0) is 155 Å². The second-order valence-corrected chi connectivity index (χ2v) is 19.6. The molecule has 0 amide bonds. The van der Waals surface area contributed by atoms with Gasteiger partial charge in [-0.2, -0.15) is 0 Å². The Kier molecular flexibility index (Phi) is 8.78. The summed E-state index contributed by atoms with van der Waals surface area (Å²) < 4.78 is 78.0. The maximum absolute atomic E-state index is 9.21. The summed E-state index contributed by atoms with van der Waals surface area (Å²) in [6.45, 7) is 0. The van der Waals surface area contributed by atoms with E-state index in [0.29, 0.717) is 22.3 Å². The van der Waals surface area contributed by atoms with Crippen LogP contribution < -0.4 is 0 Å². The summed E-state index contributed by atoms with van der Waals surface area (Å²) in [6, 6.07) is 80.3. The SMILES string of the molecule is [2H]c1c([2H])c([2H])c2c(-c3cccc4ccccc34)c3c([2H])c([2H])c([2H])c([2H])c3c(-c3ccc(-c4ccc5ccccc5c4)cc3)c2c1[2H].c1ccc(-c2c3ccccc3c(-c3cccc4oc5cc6ccccc6cc5c34)c3ccccc23)cc1. The smallest absolute Gasteiger partial charge is 0.136 e. The van der Waals surface area contributed by atoms with Crippen molar-refractivity contribution in [1.82, 2.24) is 0 Å². The molecule has 16 rings (SSSR count). The van der Waals surface area contributed by atoms with E-state index in [2.05, 4.69) is 158 Å². The van der Waals surface area contributed by atoms with Gasteiger partial charge in [0.05, 0.1) is 11.0 Å². The van der Waals surface area contributed by atoms with Gasteiger partial charge in [0.1, 0.15) is 11.2 Å². The van der Waals surface area contributed by atoms with Gasteiger partial charge in [-0.1, -0.05) is 267 Å². The van der Waals surface area contributed by atoms with Crippen LogP contribution in [0.1, 0.15) is 11.0 Å². The van der Waals surface area contributed by atoms with E-state index in [0.717, 1.165) is 49.2 Å². The zero-order valence-corrected chi connectivity index (χ0v) is 41.5. The molecule has 1 heterocycles. The van der Waals surface area contributed by atoms with E-state index in [4.69, 9.17) is 9.90 Å². The van der Waals surface area contributed by atoms with E-state index >= 15 is 0 Å². The molecule has 0 radical (unpaired) electrons. The maximum Gasteiger partial charge on any atom is 0.136 e. The average molecular weight is 985 g/mol. The quantitative estimate of drug-likeness (QED) is 0.157. The fourth-order valence-corrected chi connectivity index (χ4v) is 11.9. The Morgan fingerprint density at radius 3 is 1.31 bits per heavy atom. The van der Waals surface area contributed by atoms with E-state index in [1.807, 2.05) is 84.9 Å². The first kappa shape index (κ1) is 36.8. The molecule has 0 aliphatic rings. The molecule has 1 nitrogen and oxygen atoms in total. The molecule has 1 aromatic heterocycles. The fourth-order valence-electron chi connectivity index (χ4n) is 11.9. The minimum Gasteiger partial charge on any atom is -0.456 e. The number of hydrogen-bond acceptors (Lipinski definition) is 1. The molecule has 0 fully saturated rings. The largest absolute Gasteiger partial charge is 0.456 e. The Labute approximate surface area is 457 Å². The van der Waals surface area contributed by atoms with Gasteiger partial charge < -0.3 is 4.42 Å². The lowest BCUT2D eigenvalue weighted by molar-refractivity contribution is 0.669. The van der Waals surface area contributed by atoms with Crippen LogP contribution in [0.5, 0.6) is 0 Å². The lowest BCUT2D eigenvalue weighted by Crippen LogP contribution is -1.91. The Bertz CT molecular complexity index is 5320. The van der Waals surface area contributed by atoms with Crippen molar-refractivity contribution in [2.45, 2.75) is 0 Å². The normalized spacial score (nSPS) is 13.1. The van der Waals surface area contributed by atoms with Crippen LogP contribution in [-0.2, 0) is 0 Å². The zero-order valence-electron chi connectivity index (χ0n) is 49.5. The summed E-state index contributed by atoms with van der Waals surface area (Å²) in [5.74, 6) is 0. The highest BCUT2D eigenvalue weighted by molar-refractivity contribution is 6.27. The van der Waals surface area contributed by atoms with Crippen molar-refractivity contribution in [3.8, 4) is 55.6 Å². The third-order valence-corrected chi connectivity index (χ3v) is 15.3. The van der Waals surface area contributed by atoms with Crippen LogP contribution in [0, 0.1) is 0 Å². The van der Waals surface area contributed by atoms with Gasteiger partial charge in [-0.3, -0.25) is 0 Å². The summed E-state index contributed by atoms with van der Waals surface area (Å²) in [7, 11) is 0. The molecule has 0 aliphatic carbocycles. The number of furan rings is 1. The fraction of sp³-hybridized carbons (Fsp3) is 0. The standard InChI is InChI=1S/C40H26.C36H22O/c1-2-12-31-26-32(25-22-27(31)10-1)28-20-23-30(24-21-28)39-35-15-5-7-17-37(35)40(38-18-8-6-16-36(38)39)34-19-9-13-29-11-3-4-14-33(29)34;1-2-11-23(12-3-1)34-26-15-6-8-17-28(26)35(29-18-9-7-16-27(29)34)30-19-10-20-32-36(30)31-21-24-13-4-5-14-25(24)22-33(31)37-32/h1-26H;1-22H/i5D,6D,7D,8D,15D,16D,17D,18D;. The lowest BCUT2D eigenvalue weighted by atomic mass is 9.84. The Balaban J connectivity index is 0.000000149. The van der Waals surface area contributed by atoms with Crippen LogP contribution in [0.4, 0.5) is 0 Å². The van der Waals surface area contributed by atoms with Crippen LogP contribution in [0.15, 0.2) is 295 Å². The van der Waals surface area contributed by atoms with Crippen molar-refractivity contribution < 1.29 is 15.4 Å². The van der Waals surface area contributed by atoms with Crippen molar-refractivity contribution >= 4 is 97.3 Å². The topological polar surface area (TPSA) is 13.1 Å². The van der Waals surface area contributed by atoms with Gasteiger partial charge in [0, 0.05) is 10.8 Å². The second-order valence-electron chi connectivity index (χ2n) is 19.6. The molecule has 0 saturated carbocycles. The van der Waals surface area contributed by atoms with Crippen molar-refractivity contribution in [2.24, 2.45) is 0 Å². The van der Waals surface area contributed by atoms with Gasteiger partial charge in [-0.15, -0.1) is 0 Å². The van der Waals surface area contributed by atoms with Gasteiger partial charge in [0.15, 0.2) is 0 Å². The number of rotatable bonds is 5. The zero-order chi connectivity index (χ0) is 57.8. The van der Waals surface area contributed by atoms with Crippen LogP contribution in [0.2, 0.25) is 0 Å². The van der Waals surface area contributed by atoms with Crippen LogP contribution >= 0.6 is 0 Å². The predicted octanol–water partition coefficient (Wildman–Crippen LogP) is 21.7. The molecule has 0 bridgehead atoms. The molecule has 0 unspecified atom stereocenters. The highest BCUT2D eigenvalue weighted by atomic mass is 16.3. The minimum atomic E-state index is -0.411. The Hall–Kier alpha value is -10.1. The third kappa shape index (κ3) is 7.47. The molecular formula is C76H48O. The average Bonchev–Trinajstić information content (AvgIpc) is 1.10. The van der Waals surface area contributed by atoms with E-state index in [1.165, 1.54) is 60.0 Å². The maximum atomic E-state index is 9.21. The molecule has 0 N–H and O–H groups in total. The van der Waals surface area contributed by atoms with E-state index < -0.39 is 24.2 Å². The number of benzene rings is 15. The molecule has 77 heavy (non-hydrogen) atoms. The molecule has 0 saturated heterocycles. The van der Waals surface area contributed by atoms with E-state index in [-0.39, 0.29) is 45.7 Å². The van der Waals surface area contributed by atoms with Gasteiger partial charge in [0.2, 0.25) is 0 Å². The van der Waals surface area contributed by atoms with E-state index in [1.54, 1.807) is 0 Å². The van der Waals surface area contributed by atoms with Crippen molar-refractivity contribution in [1.29, 1.82) is 0 Å². The number of hydrogen-bond donors (Lipinski definition) is 0. The molecule has 16 aromatic rings. The highest BCUT2D eigenvalue weighted by Gasteiger charge is 2.21. The first-order chi connectivity index (χ1) is 41.5. The van der Waals surface area contributed by atoms with Crippen LogP contribution in [0.3, 0.4) is 0 Å². The van der Waals surface area contributed by atoms with Crippen molar-refractivity contribution in [3.63, 3.8) is 0 Å². The monoisotopic (exact) mass is 984 g/mol.